The second kappa shape index (κ2) is 11.0. The molecule has 0 saturated heterocycles. The van der Waals surface area contributed by atoms with Crippen molar-refractivity contribution in [3.05, 3.63) is 0 Å². The first-order valence-electron chi connectivity index (χ1n) is 11.3. The van der Waals surface area contributed by atoms with E-state index in [0.29, 0.717) is 12.5 Å². The van der Waals surface area contributed by atoms with Crippen molar-refractivity contribution < 1.29 is 9.53 Å². The summed E-state index contributed by atoms with van der Waals surface area (Å²) in [6, 6.07) is 2.63. The Morgan fingerprint density at radius 2 is 1.65 bits per heavy atom. The number of hydrogen-bond acceptors (Lipinski definition) is 3. The molecule has 2 aliphatic carbocycles. The third-order valence-corrected chi connectivity index (χ3v) is 6.88. The molecular weight excluding hydrogens is 322 g/mol. The minimum atomic E-state index is -0.910. The topological polar surface area (TPSA) is 50.1 Å². The molecule has 0 spiro atoms. The van der Waals surface area contributed by atoms with Crippen molar-refractivity contribution in [3.8, 4) is 6.07 Å². The normalized spacial score (nSPS) is 23.0. The largest absolute Gasteiger partial charge is 0.464 e. The van der Waals surface area contributed by atoms with Crippen LogP contribution < -0.4 is 0 Å². The molecule has 0 aliphatic heterocycles. The minimum Gasteiger partial charge on any atom is -0.464 e. The molecule has 2 atom stereocenters. The highest BCUT2D eigenvalue weighted by Crippen LogP contribution is 2.51. The van der Waals surface area contributed by atoms with Gasteiger partial charge in [-0.1, -0.05) is 78.1 Å². The van der Waals surface area contributed by atoms with Gasteiger partial charge in [-0.3, -0.25) is 4.79 Å². The second-order valence-electron chi connectivity index (χ2n) is 8.60. The van der Waals surface area contributed by atoms with E-state index in [1.165, 1.54) is 38.5 Å². The Kier molecular flexibility index (Phi) is 8.96. The molecule has 0 amide bonds. The second-order valence-corrected chi connectivity index (χ2v) is 8.60. The Labute approximate surface area is 160 Å². The van der Waals surface area contributed by atoms with Gasteiger partial charge in [0.25, 0.3) is 0 Å². The summed E-state index contributed by atoms with van der Waals surface area (Å²) in [5.74, 6) is 0.695. The number of unbranched alkanes of at least 4 members (excludes halogenated alkanes) is 1. The summed E-state index contributed by atoms with van der Waals surface area (Å²) in [4.78, 5) is 13.4. The fourth-order valence-electron chi connectivity index (χ4n) is 5.51. The molecule has 0 bridgehead atoms. The minimum absolute atomic E-state index is 0.181. The van der Waals surface area contributed by atoms with E-state index in [1.807, 2.05) is 6.92 Å². The van der Waals surface area contributed by atoms with Crippen LogP contribution in [0.1, 0.15) is 104 Å². The van der Waals surface area contributed by atoms with Crippen LogP contribution in [0, 0.1) is 34.5 Å². The van der Waals surface area contributed by atoms with Crippen LogP contribution in [0.5, 0.6) is 0 Å². The highest BCUT2D eigenvalue weighted by molar-refractivity contribution is 5.81. The number of carbonyl (C=O) groups is 1. The predicted molar refractivity (Wildman–Crippen MR) is 105 cm³/mol. The van der Waals surface area contributed by atoms with Gasteiger partial charge in [-0.15, -0.1) is 0 Å². The van der Waals surface area contributed by atoms with Crippen LogP contribution in [0.4, 0.5) is 0 Å². The summed E-state index contributed by atoms with van der Waals surface area (Å²) in [6.07, 6.45) is 15.8. The van der Waals surface area contributed by atoms with Crippen molar-refractivity contribution in [2.24, 2.45) is 23.2 Å². The van der Waals surface area contributed by atoms with E-state index in [2.05, 4.69) is 13.0 Å². The third-order valence-electron chi connectivity index (χ3n) is 6.88. The lowest BCUT2D eigenvalue weighted by molar-refractivity contribution is -0.162. The molecule has 3 nitrogen and oxygen atoms in total. The molecule has 2 unspecified atom stereocenters. The summed E-state index contributed by atoms with van der Waals surface area (Å²) in [7, 11) is 0. The SMILES string of the molecule is CCCCC(C1CCCCC1)C(C#N)(C(=O)OCCC)C1CCCCC1. The van der Waals surface area contributed by atoms with Gasteiger partial charge >= 0.3 is 5.97 Å². The lowest BCUT2D eigenvalue weighted by atomic mass is 9.56. The molecule has 2 aliphatic rings. The molecular formula is C23H39NO2. The molecule has 0 radical (unpaired) electrons. The number of nitriles is 1. The van der Waals surface area contributed by atoms with Crippen molar-refractivity contribution in [1.82, 2.24) is 0 Å². The van der Waals surface area contributed by atoms with Crippen LogP contribution in [0.15, 0.2) is 0 Å². The van der Waals surface area contributed by atoms with Crippen molar-refractivity contribution in [2.75, 3.05) is 6.61 Å². The molecule has 3 heteroatoms. The Hall–Kier alpha value is -1.04. The lowest BCUT2D eigenvalue weighted by Gasteiger charge is -2.45. The van der Waals surface area contributed by atoms with E-state index in [1.54, 1.807) is 0 Å². The van der Waals surface area contributed by atoms with Crippen molar-refractivity contribution in [3.63, 3.8) is 0 Å². The number of hydrogen-bond donors (Lipinski definition) is 0. The predicted octanol–water partition coefficient (Wildman–Crippen LogP) is 6.42. The summed E-state index contributed by atoms with van der Waals surface area (Å²) >= 11 is 0. The Morgan fingerprint density at radius 1 is 1.04 bits per heavy atom. The van der Waals surface area contributed by atoms with Crippen molar-refractivity contribution in [2.45, 2.75) is 104 Å². The zero-order chi connectivity index (χ0) is 18.8. The smallest absolute Gasteiger partial charge is 0.327 e. The first-order chi connectivity index (χ1) is 12.7. The van der Waals surface area contributed by atoms with Gasteiger partial charge in [0.1, 0.15) is 0 Å². The highest BCUT2D eigenvalue weighted by Gasteiger charge is 2.55. The molecule has 0 aromatic carbocycles. The molecule has 0 aromatic rings. The van der Waals surface area contributed by atoms with Gasteiger partial charge in [-0.05, 0) is 43.4 Å². The summed E-state index contributed by atoms with van der Waals surface area (Å²) < 4.78 is 5.69. The van der Waals surface area contributed by atoms with E-state index in [9.17, 15) is 10.1 Å². The Bertz CT molecular complexity index is 457. The van der Waals surface area contributed by atoms with Gasteiger partial charge in [0.05, 0.1) is 12.7 Å². The molecule has 0 aromatic heterocycles. The zero-order valence-corrected chi connectivity index (χ0v) is 17.1. The van der Waals surface area contributed by atoms with Crippen LogP contribution >= 0.6 is 0 Å². The maximum Gasteiger partial charge on any atom is 0.327 e. The van der Waals surface area contributed by atoms with Crippen LogP contribution in [-0.4, -0.2) is 12.6 Å². The number of nitrogens with zero attached hydrogens (tertiary/aromatic N) is 1. The average molecular weight is 362 g/mol. The van der Waals surface area contributed by atoms with Gasteiger partial charge < -0.3 is 4.74 Å². The number of carbonyl (C=O) groups excluding carboxylic acids is 1. The summed E-state index contributed by atoms with van der Waals surface area (Å²) in [6.45, 7) is 4.68. The fourth-order valence-corrected chi connectivity index (χ4v) is 5.51. The monoisotopic (exact) mass is 361 g/mol. The van der Waals surface area contributed by atoms with E-state index >= 15 is 0 Å². The lowest BCUT2D eigenvalue weighted by Crippen LogP contribution is -2.49. The maximum absolute atomic E-state index is 13.4. The van der Waals surface area contributed by atoms with E-state index in [-0.39, 0.29) is 17.8 Å². The molecule has 0 heterocycles. The fraction of sp³-hybridized carbons (Fsp3) is 0.913. The molecule has 2 rings (SSSR count). The standard InChI is InChI=1S/C23H39NO2/c1-3-5-16-21(19-12-8-6-9-13-19)23(18-24,22(25)26-17-4-2)20-14-10-7-11-15-20/h19-21H,3-17H2,1-2H3. The van der Waals surface area contributed by atoms with Gasteiger partial charge in [-0.25, -0.2) is 0 Å². The Balaban J connectivity index is 2.37. The van der Waals surface area contributed by atoms with Gasteiger partial charge in [0, 0.05) is 0 Å². The molecule has 2 fully saturated rings. The molecule has 2 saturated carbocycles. The first kappa shape index (κ1) is 21.3. The van der Waals surface area contributed by atoms with Gasteiger partial charge in [0.2, 0.25) is 0 Å². The van der Waals surface area contributed by atoms with E-state index in [4.69, 9.17) is 4.74 Å². The van der Waals surface area contributed by atoms with Crippen LogP contribution in [0.25, 0.3) is 0 Å². The van der Waals surface area contributed by atoms with Gasteiger partial charge in [0.15, 0.2) is 5.41 Å². The number of rotatable bonds is 9. The quantitative estimate of drug-likeness (QED) is 0.445. The highest BCUT2D eigenvalue weighted by atomic mass is 16.5. The van der Waals surface area contributed by atoms with E-state index in [0.717, 1.165) is 51.4 Å². The molecule has 0 N–H and O–H groups in total. The molecule has 148 valence electrons. The van der Waals surface area contributed by atoms with E-state index < -0.39 is 5.41 Å². The average Bonchev–Trinajstić information content (AvgIpc) is 2.71. The Morgan fingerprint density at radius 3 is 2.19 bits per heavy atom. The van der Waals surface area contributed by atoms with Crippen molar-refractivity contribution >= 4 is 5.97 Å². The first-order valence-corrected chi connectivity index (χ1v) is 11.3. The maximum atomic E-state index is 13.4. The third kappa shape index (κ3) is 4.81. The summed E-state index contributed by atoms with van der Waals surface area (Å²) in [5, 5.41) is 10.4. The van der Waals surface area contributed by atoms with Crippen LogP contribution in [0.3, 0.4) is 0 Å². The van der Waals surface area contributed by atoms with Crippen molar-refractivity contribution in [1.29, 1.82) is 5.26 Å². The van der Waals surface area contributed by atoms with Crippen LogP contribution in [0.2, 0.25) is 0 Å². The molecule has 26 heavy (non-hydrogen) atoms. The van der Waals surface area contributed by atoms with Crippen LogP contribution in [-0.2, 0) is 9.53 Å². The number of ether oxygens (including phenoxy) is 1. The van der Waals surface area contributed by atoms with Gasteiger partial charge in [-0.2, -0.15) is 5.26 Å². The number of esters is 1. The summed E-state index contributed by atoms with van der Waals surface area (Å²) in [5.41, 5.74) is -0.910. The zero-order valence-electron chi connectivity index (χ0n) is 17.1.